The van der Waals surface area contributed by atoms with Crippen molar-refractivity contribution in [2.24, 2.45) is 0 Å². The molecular weight excluding hydrogens is 190 g/mol. The van der Waals surface area contributed by atoms with Crippen molar-refractivity contribution in [1.82, 2.24) is 4.98 Å². The lowest BCUT2D eigenvalue weighted by Crippen LogP contribution is -1.75. The summed E-state index contributed by atoms with van der Waals surface area (Å²) in [5.74, 6) is 0. The Morgan fingerprint density at radius 3 is 2.64 bits per heavy atom. The van der Waals surface area contributed by atoms with E-state index in [0.717, 1.165) is 12.1 Å². The van der Waals surface area contributed by atoms with Gasteiger partial charge in [-0.3, -0.25) is 0 Å². The molecule has 0 aromatic carbocycles. The molecule has 0 atom stereocenters. The zero-order chi connectivity index (χ0) is 10.6. The van der Waals surface area contributed by atoms with Crippen molar-refractivity contribution in [1.29, 1.82) is 0 Å². The summed E-state index contributed by atoms with van der Waals surface area (Å²) in [4.78, 5) is 7.06. The largest absolute Gasteiger partial charge is 0.242 e. The number of aryl methyl sites for hydroxylation is 2. The first-order chi connectivity index (χ1) is 6.79. The third kappa shape index (κ3) is 2.32. The Morgan fingerprint density at radius 1 is 1.29 bits per heavy atom. The van der Waals surface area contributed by atoms with Crippen LogP contribution in [0.3, 0.4) is 0 Å². The number of hydrogen-bond acceptors (Lipinski definition) is 2. The molecule has 2 rings (SSSR count). The van der Waals surface area contributed by atoms with Crippen molar-refractivity contribution in [3.8, 4) is 0 Å². The van der Waals surface area contributed by atoms with Crippen LogP contribution in [-0.2, 0) is 6.42 Å². The molecule has 0 radical (unpaired) electrons. The second-order valence-corrected chi connectivity index (χ2v) is 4.03. The van der Waals surface area contributed by atoms with Crippen LogP contribution in [-0.4, -0.2) is 4.98 Å². The number of aromatic nitrogens is 1. The van der Waals surface area contributed by atoms with E-state index in [-0.39, 0.29) is 0 Å². The van der Waals surface area contributed by atoms with Gasteiger partial charge in [-0.2, -0.15) is 0 Å². The van der Waals surface area contributed by atoms with Gasteiger partial charge in [-0.25, -0.2) is 4.98 Å². The number of rotatable bonds is 1. The van der Waals surface area contributed by atoms with E-state index in [1.807, 2.05) is 20.8 Å². The van der Waals surface area contributed by atoms with Gasteiger partial charge in [0.05, 0.1) is 0 Å². The van der Waals surface area contributed by atoms with Crippen LogP contribution in [0.15, 0.2) is 18.2 Å². The number of thiophene rings is 1. The number of pyridine rings is 1. The van der Waals surface area contributed by atoms with Crippen LogP contribution in [0, 0.1) is 6.92 Å². The minimum atomic E-state index is 1.10. The van der Waals surface area contributed by atoms with E-state index in [2.05, 4.69) is 30.1 Å². The maximum atomic E-state index is 4.46. The lowest BCUT2D eigenvalue weighted by molar-refractivity contribution is 1.19. The SMILES string of the molecule is CC.CCc1cc2ccc(C)nc2s1. The second-order valence-electron chi connectivity index (χ2n) is 2.91. The summed E-state index contributed by atoms with van der Waals surface area (Å²) in [6.07, 6.45) is 1.11. The highest BCUT2D eigenvalue weighted by Gasteiger charge is 2.00. The summed E-state index contributed by atoms with van der Waals surface area (Å²) in [6.45, 7) is 8.21. The number of nitrogens with zero attached hydrogens (tertiary/aromatic N) is 1. The minimum Gasteiger partial charge on any atom is -0.242 e. The van der Waals surface area contributed by atoms with Crippen LogP contribution in [0.2, 0.25) is 0 Å². The van der Waals surface area contributed by atoms with Crippen molar-refractivity contribution < 1.29 is 0 Å². The van der Waals surface area contributed by atoms with Crippen molar-refractivity contribution >= 4 is 21.6 Å². The van der Waals surface area contributed by atoms with E-state index >= 15 is 0 Å². The molecule has 0 unspecified atom stereocenters. The monoisotopic (exact) mass is 207 g/mol. The Labute approximate surface area is 89.8 Å². The predicted octanol–water partition coefficient (Wildman–Crippen LogP) is 4.19. The van der Waals surface area contributed by atoms with Gasteiger partial charge in [-0.05, 0) is 25.5 Å². The van der Waals surface area contributed by atoms with Crippen molar-refractivity contribution in [2.75, 3.05) is 0 Å². The molecule has 0 fully saturated rings. The van der Waals surface area contributed by atoms with Gasteiger partial charge >= 0.3 is 0 Å². The van der Waals surface area contributed by atoms with E-state index in [1.54, 1.807) is 11.3 Å². The van der Waals surface area contributed by atoms with Gasteiger partial charge in [-0.1, -0.05) is 26.8 Å². The standard InChI is InChI=1S/C10H11NS.C2H6/c1-3-9-6-8-5-4-7(2)11-10(8)12-9;1-2/h4-6H,3H2,1-2H3;1-2H3. The molecule has 0 saturated heterocycles. The first kappa shape index (κ1) is 11.2. The summed E-state index contributed by atoms with van der Waals surface area (Å²) in [6, 6.07) is 6.44. The van der Waals surface area contributed by atoms with E-state index in [4.69, 9.17) is 0 Å². The van der Waals surface area contributed by atoms with Crippen LogP contribution in [0.5, 0.6) is 0 Å². The predicted molar refractivity (Wildman–Crippen MR) is 65.1 cm³/mol. The normalized spacial score (nSPS) is 9.71. The first-order valence-corrected chi connectivity index (χ1v) is 5.97. The average Bonchev–Trinajstić information content (AvgIpc) is 2.62. The molecule has 14 heavy (non-hydrogen) atoms. The fourth-order valence-corrected chi connectivity index (χ4v) is 2.25. The quantitative estimate of drug-likeness (QED) is 0.683. The van der Waals surface area contributed by atoms with E-state index < -0.39 is 0 Å². The summed E-state index contributed by atoms with van der Waals surface area (Å²) >= 11 is 1.80. The lowest BCUT2D eigenvalue weighted by atomic mass is 10.3. The Morgan fingerprint density at radius 2 is 2.00 bits per heavy atom. The van der Waals surface area contributed by atoms with E-state index in [1.165, 1.54) is 15.1 Å². The van der Waals surface area contributed by atoms with Gasteiger partial charge < -0.3 is 0 Å². The molecule has 0 aliphatic carbocycles. The Hall–Kier alpha value is -0.890. The van der Waals surface area contributed by atoms with Crippen molar-refractivity contribution in [3.05, 3.63) is 28.8 Å². The zero-order valence-electron chi connectivity index (χ0n) is 9.29. The van der Waals surface area contributed by atoms with E-state index in [0.29, 0.717) is 0 Å². The molecule has 1 nitrogen and oxygen atoms in total. The molecule has 0 bridgehead atoms. The second kappa shape index (κ2) is 5.11. The molecule has 2 aromatic rings. The van der Waals surface area contributed by atoms with Crippen LogP contribution < -0.4 is 0 Å². The van der Waals surface area contributed by atoms with Crippen LogP contribution in [0.1, 0.15) is 31.3 Å². The minimum absolute atomic E-state index is 1.10. The Balaban J connectivity index is 0.000000461. The summed E-state index contributed by atoms with van der Waals surface area (Å²) in [7, 11) is 0. The fourth-order valence-electron chi connectivity index (χ4n) is 1.24. The molecule has 76 valence electrons. The maximum absolute atomic E-state index is 4.46. The number of fused-ring (bicyclic) bond motifs is 1. The molecule has 0 aliphatic heterocycles. The Bertz CT molecular complexity index is 404. The van der Waals surface area contributed by atoms with Crippen molar-refractivity contribution in [2.45, 2.75) is 34.1 Å². The van der Waals surface area contributed by atoms with Crippen LogP contribution in [0.25, 0.3) is 10.2 Å². The van der Waals surface area contributed by atoms with Crippen LogP contribution in [0.4, 0.5) is 0 Å². The highest BCUT2D eigenvalue weighted by Crippen LogP contribution is 2.24. The number of hydrogen-bond donors (Lipinski definition) is 0. The van der Waals surface area contributed by atoms with Crippen molar-refractivity contribution in [3.63, 3.8) is 0 Å². The fraction of sp³-hybridized carbons (Fsp3) is 0.417. The van der Waals surface area contributed by atoms with Gasteiger partial charge in [-0.15, -0.1) is 11.3 Å². The molecule has 0 spiro atoms. The molecule has 0 saturated carbocycles. The summed E-state index contributed by atoms with van der Waals surface area (Å²) in [5.41, 5.74) is 1.10. The smallest absolute Gasteiger partial charge is 0.123 e. The topological polar surface area (TPSA) is 12.9 Å². The van der Waals surface area contributed by atoms with Gasteiger partial charge in [0.1, 0.15) is 4.83 Å². The molecule has 0 amide bonds. The lowest BCUT2D eigenvalue weighted by Gasteiger charge is -1.89. The summed E-state index contributed by atoms with van der Waals surface area (Å²) in [5, 5.41) is 1.28. The van der Waals surface area contributed by atoms with Gasteiger partial charge in [0.25, 0.3) is 0 Å². The zero-order valence-corrected chi connectivity index (χ0v) is 10.1. The molecular formula is C12H17NS. The third-order valence-corrected chi connectivity index (χ3v) is 3.11. The molecule has 0 N–H and O–H groups in total. The molecule has 0 aliphatic rings. The maximum Gasteiger partial charge on any atom is 0.123 e. The Kier molecular flexibility index (Phi) is 4.08. The van der Waals surface area contributed by atoms with Crippen LogP contribution >= 0.6 is 11.3 Å². The highest BCUT2D eigenvalue weighted by molar-refractivity contribution is 7.18. The first-order valence-electron chi connectivity index (χ1n) is 5.15. The molecule has 2 aromatic heterocycles. The highest BCUT2D eigenvalue weighted by atomic mass is 32.1. The van der Waals surface area contributed by atoms with Gasteiger partial charge in [0.2, 0.25) is 0 Å². The van der Waals surface area contributed by atoms with E-state index in [9.17, 15) is 0 Å². The molecule has 2 heteroatoms. The molecule has 2 heterocycles. The van der Waals surface area contributed by atoms with Gasteiger partial charge in [0, 0.05) is 16.0 Å². The van der Waals surface area contributed by atoms with Gasteiger partial charge in [0.15, 0.2) is 0 Å². The third-order valence-electron chi connectivity index (χ3n) is 1.92. The average molecular weight is 207 g/mol. The summed E-state index contributed by atoms with van der Waals surface area (Å²) < 4.78 is 0.